The molecule has 3 aromatic rings. The molecule has 0 aliphatic heterocycles. The fourth-order valence-electron chi connectivity index (χ4n) is 2.35. The highest BCUT2D eigenvalue weighted by Gasteiger charge is 2.15. The first kappa shape index (κ1) is 18.4. The van der Waals surface area contributed by atoms with Crippen LogP contribution in [0.25, 0.3) is 0 Å². The number of rotatable bonds is 7. The predicted molar refractivity (Wildman–Crippen MR) is 105 cm³/mol. The molecule has 3 rings (SSSR count). The van der Waals surface area contributed by atoms with Gasteiger partial charge in [0.25, 0.3) is 5.91 Å². The van der Waals surface area contributed by atoms with Gasteiger partial charge in [-0.1, -0.05) is 13.0 Å². The zero-order valence-electron chi connectivity index (χ0n) is 15.3. The first-order valence-electron chi connectivity index (χ1n) is 8.87. The zero-order chi connectivity index (χ0) is 19.1. The Hall–Kier alpha value is -3.41. The van der Waals surface area contributed by atoms with E-state index < -0.39 is 0 Å². The summed E-state index contributed by atoms with van der Waals surface area (Å²) in [7, 11) is 0. The van der Waals surface area contributed by atoms with E-state index in [1.54, 1.807) is 24.5 Å². The molecular weight excluding hydrogens is 340 g/mol. The molecule has 0 bridgehead atoms. The highest BCUT2D eigenvalue weighted by molar-refractivity contribution is 5.96. The number of carbonyl (C=O) groups excluding carboxylic acids is 1. The summed E-state index contributed by atoms with van der Waals surface area (Å²) in [6.45, 7) is 3.98. The largest absolute Gasteiger partial charge is 0.438 e. The lowest BCUT2D eigenvalue weighted by Gasteiger charge is -2.14. The predicted octanol–water partition coefficient (Wildman–Crippen LogP) is 4.54. The maximum atomic E-state index is 12.4. The fraction of sp³-hybridized carbons (Fsp3) is 0.190. The van der Waals surface area contributed by atoms with E-state index in [1.807, 2.05) is 56.3 Å². The van der Waals surface area contributed by atoms with Crippen LogP contribution in [0.15, 0.2) is 67.0 Å². The van der Waals surface area contributed by atoms with Gasteiger partial charge in [0.1, 0.15) is 17.1 Å². The average Bonchev–Trinajstić information content (AvgIpc) is 2.70. The summed E-state index contributed by atoms with van der Waals surface area (Å²) < 4.78 is 5.84. The minimum atomic E-state index is -0.194. The Bertz CT molecular complexity index is 882. The van der Waals surface area contributed by atoms with E-state index in [2.05, 4.69) is 20.6 Å². The van der Waals surface area contributed by atoms with Crippen molar-refractivity contribution >= 4 is 17.4 Å². The summed E-state index contributed by atoms with van der Waals surface area (Å²) in [5.74, 6) is 1.45. The van der Waals surface area contributed by atoms with Crippen molar-refractivity contribution in [3.8, 4) is 11.6 Å². The Morgan fingerprint density at radius 2 is 1.81 bits per heavy atom. The SMILES string of the molecule is CC[C@@H](C)NC(=O)c1cccnc1Oc1ccc(Nc2ccccn2)cc1. The van der Waals surface area contributed by atoms with E-state index in [0.29, 0.717) is 11.3 Å². The van der Waals surface area contributed by atoms with Gasteiger partial charge in [-0.3, -0.25) is 4.79 Å². The number of anilines is 2. The van der Waals surface area contributed by atoms with Gasteiger partial charge < -0.3 is 15.4 Å². The molecule has 0 unspecified atom stereocenters. The molecule has 0 aliphatic carbocycles. The molecule has 0 saturated carbocycles. The van der Waals surface area contributed by atoms with Gasteiger partial charge in [0.15, 0.2) is 0 Å². The summed E-state index contributed by atoms with van der Waals surface area (Å²) in [5.41, 5.74) is 1.30. The monoisotopic (exact) mass is 362 g/mol. The van der Waals surface area contributed by atoms with E-state index >= 15 is 0 Å². The Balaban J connectivity index is 1.71. The van der Waals surface area contributed by atoms with Crippen molar-refractivity contribution in [1.29, 1.82) is 0 Å². The Morgan fingerprint density at radius 3 is 2.52 bits per heavy atom. The van der Waals surface area contributed by atoms with Crippen LogP contribution in [0.5, 0.6) is 11.6 Å². The summed E-state index contributed by atoms with van der Waals surface area (Å²) >= 11 is 0. The van der Waals surface area contributed by atoms with Crippen LogP contribution in [0.4, 0.5) is 11.5 Å². The van der Waals surface area contributed by atoms with Crippen molar-refractivity contribution in [2.45, 2.75) is 26.3 Å². The molecule has 0 radical (unpaired) electrons. The minimum absolute atomic E-state index is 0.0857. The quantitative estimate of drug-likeness (QED) is 0.645. The molecule has 1 amide bonds. The number of hydrogen-bond donors (Lipinski definition) is 2. The highest BCUT2D eigenvalue weighted by atomic mass is 16.5. The van der Waals surface area contributed by atoms with E-state index in [4.69, 9.17) is 4.74 Å². The molecule has 6 heteroatoms. The first-order chi connectivity index (χ1) is 13.2. The van der Waals surface area contributed by atoms with Crippen molar-refractivity contribution in [2.24, 2.45) is 0 Å². The van der Waals surface area contributed by atoms with Gasteiger partial charge in [0.2, 0.25) is 5.88 Å². The molecule has 27 heavy (non-hydrogen) atoms. The lowest BCUT2D eigenvalue weighted by molar-refractivity contribution is 0.0936. The summed E-state index contributed by atoms with van der Waals surface area (Å²) in [4.78, 5) is 20.9. The minimum Gasteiger partial charge on any atom is -0.438 e. The number of ether oxygens (including phenoxy) is 1. The van der Waals surface area contributed by atoms with Crippen molar-refractivity contribution in [1.82, 2.24) is 15.3 Å². The second-order valence-electron chi connectivity index (χ2n) is 6.11. The van der Waals surface area contributed by atoms with Crippen LogP contribution in [0, 0.1) is 0 Å². The van der Waals surface area contributed by atoms with Crippen molar-refractivity contribution in [3.05, 3.63) is 72.6 Å². The second kappa shape index (κ2) is 8.80. The lowest BCUT2D eigenvalue weighted by Crippen LogP contribution is -2.32. The smallest absolute Gasteiger partial charge is 0.256 e. The standard InChI is InChI=1S/C21H22N4O2/c1-3-15(2)24-20(26)18-7-6-14-23-21(18)27-17-11-9-16(10-12-17)25-19-8-4-5-13-22-19/h4-15H,3H2,1-2H3,(H,22,25)(H,24,26)/t15-/m1/s1. The third-order valence-corrected chi connectivity index (χ3v) is 4.01. The molecule has 138 valence electrons. The number of pyridine rings is 2. The molecule has 0 aliphatic rings. The number of hydrogen-bond acceptors (Lipinski definition) is 5. The highest BCUT2D eigenvalue weighted by Crippen LogP contribution is 2.25. The molecule has 2 heterocycles. The molecule has 0 saturated heterocycles. The van der Waals surface area contributed by atoms with Crippen molar-refractivity contribution in [3.63, 3.8) is 0 Å². The zero-order valence-corrected chi connectivity index (χ0v) is 15.3. The van der Waals surface area contributed by atoms with Crippen LogP contribution in [0.2, 0.25) is 0 Å². The molecular formula is C21H22N4O2. The normalized spacial score (nSPS) is 11.5. The van der Waals surface area contributed by atoms with Crippen LogP contribution in [-0.4, -0.2) is 21.9 Å². The van der Waals surface area contributed by atoms with Gasteiger partial charge in [-0.15, -0.1) is 0 Å². The van der Waals surface area contributed by atoms with Crippen molar-refractivity contribution < 1.29 is 9.53 Å². The maximum Gasteiger partial charge on any atom is 0.256 e. The van der Waals surface area contributed by atoms with Crippen LogP contribution >= 0.6 is 0 Å². The number of nitrogens with one attached hydrogen (secondary N) is 2. The topological polar surface area (TPSA) is 76.1 Å². The Morgan fingerprint density at radius 1 is 1.04 bits per heavy atom. The van der Waals surface area contributed by atoms with Crippen LogP contribution in [0.3, 0.4) is 0 Å². The lowest BCUT2D eigenvalue weighted by atomic mass is 10.2. The Labute approximate surface area is 158 Å². The molecule has 1 atom stereocenters. The van der Waals surface area contributed by atoms with Gasteiger partial charge in [-0.05, 0) is 61.9 Å². The maximum absolute atomic E-state index is 12.4. The van der Waals surface area contributed by atoms with Gasteiger partial charge in [-0.2, -0.15) is 0 Å². The van der Waals surface area contributed by atoms with Crippen LogP contribution < -0.4 is 15.4 Å². The average molecular weight is 362 g/mol. The summed E-state index contributed by atoms with van der Waals surface area (Å²) in [6.07, 6.45) is 4.19. The Kier molecular flexibility index (Phi) is 5.99. The number of aromatic nitrogens is 2. The molecule has 0 spiro atoms. The number of nitrogens with zero attached hydrogens (tertiary/aromatic N) is 2. The van der Waals surface area contributed by atoms with Crippen LogP contribution in [-0.2, 0) is 0 Å². The second-order valence-corrected chi connectivity index (χ2v) is 6.11. The first-order valence-corrected chi connectivity index (χ1v) is 8.87. The fourth-order valence-corrected chi connectivity index (χ4v) is 2.35. The number of carbonyl (C=O) groups is 1. The molecule has 2 aromatic heterocycles. The van der Waals surface area contributed by atoms with E-state index in [1.165, 1.54) is 0 Å². The van der Waals surface area contributed by atoms with Crippen molar-refractivity contribution in [2.75, 3.05) is 5.32 Å². The molecule has 2 N–H and O–H groups in total. The van der Waals surface area contributed by atoms with E-state index in [0.717, 1.165) is 17.9 Å². The third-order valence-electron chi connectivity index (χ3n) is 4.01. The number of amides is 1. The van der Waals surface area contributed by atoms with E-state index in [9.17, 15) is 4.79 Å². The number of benzene rings is 1. The third kappa shape index (κ3) is 5.04. The van der Waals surface area contributed by atoms with Gasteiger partial charge >= 0.3 is 0 Å². The van der Waals surface area contributed by atoms with Gasteiger partial charge in [0.05, 0.1) is 0 Å². The molecule has 0 fully saturated rings. The molecule has 1 aromatic carbocycles. The summed E-state index contributed by atoms with van der Waals surface area (Å²) in [6, 6.07) is 16.6. The van der Waals surface area contributed by atoms with Gasteiger partial charge in [0, 0.05) is 24.1 Å². The van der Waals surface area contributed by atoms with Crippen LogP contribution in [0.1, 0.15) is 30.6 Å². The molecule has 6 nitrogen and oxygen atoms in total. The summed E-state index contributed by atoms with van der Waals surface area (Å²) in [5, 5.41) is 6.14. The van der Waals surface area contributed by atoms with Gasteiger partial charge in [-0.25, -0.2) is 9.97 Å². The van der Waals surface area contributed by atoms with E-state index in [-0.39, 0.29) is 17.8 Å².